The maximum Gasteiger partial charge on any atom is 0.305 e. The third-order valence-electron chi connectivity index (χ3n) is 2.11. The number of carboxylic acids is 1. The molecule has 4 nitrogen and oxygen atoms in total. The summed E-state index contributed by atoms with van der Waals surface area (Å²) >= 11 is 0. The first-order valence-corrected chi connectivity index (χ1v) is 5.65. The Hall–Kier alpha value is -1.06. The van der Waals surface area contributed by atoms with Gasteiger partial charge in [0, 0.05) is 18.5 Å². The van der Waals surface area contributed by atoms with Gasteiger partial charge in [-0.25, -0.2) is 0 Å². The van der Waals surface area contributed by atoms with Crippen LogP contribution in [-0.4, -0.2) is 35.0 Å². The molecular weight excluding hydrogens is 206 g/mol. The highest BCUT2D eigenvalue weighted by atomic mass is 16.4. The van der Waals surface area contributed by atoms with Crippen LogP contribution in [0.15, 0.2) is 0 Å². The van der Waals surface area contributed by atoms with E-state index in [1.807, 2.05) is 34.6 Å². The van der Waals surface area contributed by atoms with Crippen LogP contribution in [0, 0.1) is 11.3 Å². The van der Waals surface area contributed by atoms with E-state index in [9.17, 15) is 9.59 Å². The van der Waals surface area contributed by atoms with E-state index in [4.69, 9.17) is 5.11 Å². The first kappa shape index (κ1) is 14.9. The lowest BCUT2D eigenvalue weighted by atomic mass is 9.94. The monoisotopic (exact) mass is 229 g/mol. The molecular formula is C12H23NO3. The maximum absolute atomic E-state index is 12.0. The Morgan fingerprint density at radius 3 is 2.06 bits per heavy atom. The van der Waals surface area contributed by atoms with Crippen molar-refractivity contribution < 1.29 is 14.7 Å². The van der Waals surface area contributed by atoms with Crippen LogP contribution < -0.4 is 0 Å². The van der Waals surface area contributed by atoms with Crippen molar-refractivity contribution in [1.29, 1.82) is 0 Å². The minimum atomic E-state index is -0.865. The summed E-state index contributed by atoms with van der Waals surface area (Å²) in [5.74, 6) is -0.502. The average Bonchev–Trinajstić information content (AvgIpc) is 2.08. The molecule has 94 valence electrons. The molecule has 0 radical (unpaired) electrons. The highest BCUT2D eigenvalue weighted by Gasteiger charge is 2.27. The molecule has 1 amide bonds. The van der Waals surface area contributed by atoms with Crippen LogP contribution in [0.2, 0.25) is 0 Å². The number of hydrogen-bond donors (Lipinski definition) is 1. The molecule has 0 aromatic heterocycles. The van der Waals surface area contributed by atoms with E-state index < -0.39 is 11.4 Å². The molecule has 0 spiro atoms. The highest BCUT2D eigenvalue weighted by Crippen LogP contribution is 2.18. The fraction of sp³-hybridized carbons (Fsp3) is 0.833. The average molecular weight is 229 g/mol. The van der Waals surface area contributed by atoms with E-state index in [0.29, 0.717) is 19.0 Å². The SMILES string of the molecule is CC(C)CN(CCC(=O)O)C(=O)C(C)(C)C. The predicted molar refractivity (Wildman–Crippen MR) is 63.1 cm³/mol. The minimum Gasteiger partial charge on any atom is -0.481 e. The summed E-state index contributed by atoms with van der Waals surface area (Å²) < 4.78 is 0. The van der Waals surface area contributed by atoms with Gasteiger partial charge in [0.25, 0.3) is 0 Å². The summed E-state index contributed by atoms with van der Waals surface area (Å²) in [4.78, 5) is 24.2. The number of aliphatic carboxylic acids is 1. The van der Waals surface area contributed by atoms with E-state index in [1.165, 1.54) is 0 Å². The molecule has 0 aromatic carbocycles. The van der Waals surface area contributed by atoms with Crippen LogP contribution in [0.4, 0.5) is 0 Å². The van der Waals surface area contributed by atoms with E-state index in [-0.39, 0.29) is 12.3 Å². The number of carboxylic acid groups (broad SMARTS) is 1. The van der Waals surface area contributed by atoms with E-state index in [2.05, 4.69) is 0 Å². The van der Waals surface area contributed by atoms with Gasteiger partial charge in [-0.3, -0.25) is 9.59 Å². The van der Waals surface area contributed by atoms with Crippen LogP contribution in [0.3, 0.4) is 0 Å². The van der Waals surface area contributed by atoms with Crippen LogP contribution in [0.25, 0.3) is 0 Å². The topological polar surface area (TPSA) is 57.6 Å². The molecule has 0 unspecified atom stereocenters. The van der Waals surface area contributed by atoms with Crippen molar-refractivity contribution >= 4 is 11.9 Å². The van der Waals surface area contributed by atoms with Gasteiger partial charge in [0.2, 0.25) is 5.91 Å². The van der Waals surface area contributed by atoms with E-state index in [0.717, 1.165) is 0 Å². The van der Waals surface area contributed by atoms with Crippen molar-refractivity contribution in [3.63, 3.8) is 0 Å². The van der Waals surface area contributed by atoms with Crippen molar-refractivity contribution in [2.24, 2.45) is 11.3 Å². The zero-order valence-electron chi connectivity index (χ0n) is 10.9. The van der Waals surface area contributed by atoms with Gasteiger partial charge < -0.3 is 10.0 Å². The van der Waals surface area contributed by atoms with Crippen LogP contribution in [-0.2, 0) is 9.59 Å². The van der Waals surface area contributed by atoms with Gasteiger partial charge >= 0.3 is 5.97 Å². The third-order valence-corrected chi connectivity index (χ3v) is 2.11. The summed E-state index contributed by atoms with van der Waals surface area (Å²) in [7, 11) is 0. The normalized spacial score (nSPS) is 11.6. The molecule has 0 saturated carbocycles. The molecule has 0 aliphatic carbocycles. The molecule has 0 aliphatic heterocycles. The smallest absolute Gasteiger partial charge is 0.305 e. The van der Waals surface area contributed by atoms with Gasteiger partial charge in [0.1, 0.15) is 0 Å². The standard InChI is InChI=1S/C12H23NO3/c1-9(2)8-13(7-6-10(14)15)11(16)12(3,4)5/h9H,6-8H2,1-5H3,(H,14,15). The fourth-order valence-corrected chi connectivity index (χ4v) is 1.42. The second kappa shape index (κ2) is 5.87. The summed E-state index contributed by atoms with van der Waals surface area (Å²) in [6, 6.07) is 0. The third kappa shape index (κ3) is 5.73. The van der Waals surface area contributed by atoms with Gasteiger partial charge in [-0.05, 0) is 5.92 Å². The molecule has 4 heteroatoms. The van der Waals surface area contributed by atoms with Gasteiger partial charge in [0.15, 0.2) is 0 Å². The Bertz CT molecular complexity index is 253. The van der Waals surface area contributed by atoms with Crippen molar-refractivity contribution in [2.75, 3.05) is 13.1 Å². The zero-order chi connectivity index (χ0) is 12.9. The molecule has 0 aromatic rings. The van der Waals surface area contributed by atoms with Crippen LogP contribution in [0.1, 0.15) is 41.0 Å². The second-order valence-corrected chi connectivity index (χ2v) is 5.54. The summed E-state index contributed by atoms with van der Waals surface area (Å²) in [6.45, 7) is 10.5. The number of carbonyl (C=O) groups excluding carboxylic acids is 1. The molecule has 0 bridgehead atoms. The van der Waals surface area contributed by atoms with Gasteiger partial charge in [-0.2, -0.15) is 0 Å². The maximum atomic E-state index is 12.0. The Kier molecular flexibility index (Phi) is 5.48. The molecule has 0 aliphatic rings. The number of carbonyl (C=O) groups is 2. The molecule has 0 atom stereocenters. The number of hydrogen-bond acceptors (Lipinski definition) is 2. The molecule has 1 N–H and O–H groups in total. The predicted octanol–water partition coefficient (Wildman–Crippen LogP) is 1.99. The van der Waals surface area contributed by atoms with Crippen molar-refractivity contribution in [2.45, 2.75) is 41.0 Å². The first-order chi connectivity index (χ1) is 7.14. The van der Waals surface area contributed by atoms with Crippen molar-refractivity contribution in [3.8, 4) is 0 Å². The Morgan fingerprint density at radius 1 is 1.25 bits per heavy atom. The van der Waals surface area contributed by atoms with E-state index in [1.54, 1.807) is 4.90 Å². The lowest BCUT2D eigenvalue weighted by Gasteiger charge is -2.30. The van der Waals surface area contributed by atoms with Gasteiger partial charge in [0.05, 0.1) is 6.42 Å². The van der Waals surface area contributed by atoms with Gasteiger partial charge in [-0.1, -0.05) is 34.6 Å². The molecule has 16 heavy (non-hydrogen) atoms. The molecule has 0 rings (SSSR count). The second-order valence-electron chi connectivity index (χ2n) is 5.54. The lowest BCUT2D eigenvalue weighted by Crippen LogP contribution is -2.42. The number of amides is 1. The summed E-state index contributed by atoms with van der Waals surface area (Å²) in [5.41, 5.74) is -0.451. The summed E-state index contributed by atoms with van der Waals surface area (Å²) in [5, 5.41) is 8.64. The van der Waals surface area contributed by atoms with Gasteiger partial charge in [-0.15, -0.1) is 0 Å². The number of rotatable bonds is 5. The first-order valence-electron chi connectivity index (χ1n) is 5.65. The van der Waals surface area contributed by atoms with Crippen molar-refractivity contribution in [1.82, 2.24) is 4.90 Å². The Labute approximate surface area is 97.6 Å². The lowest BCUT2D eigenvalue weighted by molar-refractivity contribution is -0.142. The minimum absolute atomic E-state index is 0.00847. The van der Waals surface area contributed by atoms with Crippen LogP contribution >= 0.6 is 0 Å². The van der Waals surface area contributed by atoms with E-state index >= 15 is 0 Å². The van der Waals surface area contributed by atoms with Crippen molar-refractivity contribution in [3.05, 3.63) is 0 Å². The summed E-state index contributed by atoms with van der Waals surface area (Å²) in [6.07, 6.45) is 0.00847. The zero-order valence-corrected chi connectivity index (χ0v) is 10.9. The molecule has 0 fully saturated rings. The highest BCUT2D eigenvalue weighted by molar-refractivity contribution is 5.82. The van der Waals surface area contributed by atoms with Crippen LogP contribution in [0.5, 0.6) is 0 Å². The quantitative estimate of drug-likeness (QED) is 0.784. The largest absolute Gasteiger partial charge is 0.481 e. The fourth-order valence-electron chi connectivity index (χ4n) is 1.42. The molecule has 0 saturated heterocycles. The Balaban J connectivity index is 4.54. The Morgan fingerprint density at radius 2 is 1.75 bits per heavy atom. The molecule has 0 heterocycles. The number of nitrogens with zero attached hydrogens (tertiary/aromatic N) is 1.